The van der Waals surface area contributed by atoms with E-state index in [2.05, 4.69) is 45.6 Å². The van der Waals surface area contributed by atoms with Gasteiger partial charge in [0, 0.05) is 24.3 Å². The van der Waals surface area contributed by atoms with E-state index in [1.165, 1.54) is 31.5 Å². The molecule has 138 valence electrons. The van der Waals surface area contributed by atoms with E-state index in [9.17, 15) is 0 Å². The number of aliphatic imine (C=N–C) groups is 1. The number of hydrazine groups is 1. The molecule has 0 aromatic heterocycles. The highest BCUT2D eigenvalue weighted by Gasteiger charge is 2.18. The van der Waals surface area contributed by atoms with Crippen LogP contribution in [0.2, 0.25) is 0 Å². The predicted molar refractivity (Wildman–Crippen MR) is 109 cm³/mol. The summed E-state index contributed by atoms with van der Waals surface area (Å²) >= 11 is 0. The van der Waals surface area contributed by atoms with Crippen molar-refractivity contribution in [3.8, 4) is 0 Å². The van der Waals surface area contributed by atoms with Gasteiger partial charge in [0.15, 0.2) is 0 Å². The molecule has 0 aliphatic carbocycles. The van der Waals surface area contributed by atoms with Gasteiger partial charge in [0.2, 0.25) is 0 Å². The van der Waals surface area contributed by atoms with Crippen molar-refractivity contribution in [1.29, 1.82) is 0 Å². The Bertz CT molecular complexity index is 688. The molecule has 0 saturated carbocycles. The van der Waals surface area contributed by atoms with Gasteiger partial charge in [0.05, 0.1) is 0 Å². The summed E-state index contributed by atoms with van der Waals surface area (Å²) < 4.78 is 0. The Morgan fingerprint density at radius 3 is 2.38 bits per heavy atom. The first-order valence-electron chi connectivity index (χ1n) is 9.38. The van der Waals surface area contributed by atoms with Gasteiger partial charge in [-0.25, -0.2) is 0 Å². The maximum atomic E-state index is 6.10. The maximum absolute atomic E-state index is 6.10. The first-order chi connectivity index (χ1) is 12.7. The summed E-state index contributed by atoms with van der Waals surface area (Å²) in [5.41, 5.74) is 11.9. The lowest BCUT2D eigenvalue weighted by Crippen LogP contribution is -2.33. The number of nitrogens with one attached hydrogen (secondary N) is 1. The number of hydrogen-bond acceptors (Lipinski definition) is 4. The maximum Gasteiger partial charge on any atom is 0.125 e. The summed E-state index contributed by atoms with van der Waals surface area (Å²) in [6.07, 6.45) is 3.61. The van der Waals surface area contributed by atoms with Crippen LogP contribution in [0.1, 0.15) is 30.4 Å². The molecule has 26 heavy (non-hydrogen) atoms. The molecule has 1 heterocycles. The Hall–Kier alpha value is -2.37. The average Bonchev–Trinajstić information content (AvgIpc) is 2.70. The van der Waals surface area contributed by atoms with Gasteiger partial charge in [-0.15, -0.1) is 0 Å². The van der Waals surface area contributed by atoms with Crippen molar-refractivity contribution in [2.75, 3.05) is 25.1 Å². The van der Waals surface area contributed by atoms with Gasteiger partial charge in [0.25, 0.3) is 0 Å². The lowest BCUT2D eigenvalue weighted by molar-refractivity contribution is 0.173. The molecule has 5 nitrogen and oxygen atoms in total. The second-order valence-corrected chi connectivity index (χ2v) is 6.98. The third-order valence-electron chi connectivity index (χ3n) is 5.12. The summed E-state index contributed by atoms with van der Waals surface area (Å²) in [7, 11) is 0. The molecular weight excluding hydrogens is 322 g/mol. The van der Waals surface area contributed by atoms with E-state index in [4.69, 9.17) is 11.6 Å². The fourth-order valence-corrected chi connectivity index (χ4v) is 3.47. The first kappa shape index (κ1) is 18.4. The van der Waals surface area contributed by atoms with Crippen LogP contribution in [0.3, 0.4) is 0 Å². The Morgan fingerprint density at radius 2 is 1.73 bits per heavy atom. The van der Waals surface area contributed by atoms with Crippen molar-refractivity contribution < 1.29 is 0 Å². The monoisotopic (exact) mass is 351 g/mol. The number of benzene rings is 2. The Labute approximate surface area is 156 Å². The second-order valence-electron chi connectivity index (χ2n) is 6.98. The zero-order valence-corrected chi connectivity index (χ0v) is 15.3. The molecule has 0 atom stereocenters. The average molecular weight is 351 g/mol. The van der Waals surface area contributed by atoms with Crippen molar-refractivity contribution in [3.05, 3.63) is 65.7 Å². The molecule has 0 radical (unpaired) electrons. The third kappa shape index (κ3) is 5.31. The number of anilines is 1. The smallest absolute Gasteiger partial charge is 0.125 e. The van der Waals surface area contributed by atoms with Crippen molar-refractivity contribution in [3.63, 3.8) is 0 Å². The molecule has 3 rings (SSSR count). The number of nitrogens with two attached hydrogens (primary N) is 2. The Morgan fingerprint density at radius 1 is 1.04 bits per heavy atom. The number of hydrogen-bond donors (Lipinski definition) is 3. The van der Waals surface area contributed by atoms with Crippen LogP contribution in [-0.2, 0) is 6.54 Å². The van der Waals surface area contributed by atoms with Gasteiger partial charge < -0.3 is 11.2 Å². The molecule has 1 aliphatic heterocycles. The van der Waals surface area contributed by atoms with Crippen LogP contribution in [-0.4, -0.2) is 30.4 Å². The molecule has 1 saturated heterocycles. The normalized spacial score (nSPS) is 16.6. The third-order valence-corrected chi connectivity index (χ3v) is 5.12. The van der Waals surface area contributed by atoms with Crippen LogP contribution in [0.25, 0.3) is 0 Å². The second kappa shape index (κ2) is 9.36. The Kier molecular flexibility index (Phi) is 6.63. The minimum absolute atomic E-state index is 0.607. The first-order valence-corrected chi connectivity index (χ1v) is 9.38. The van der Waals surface area contributed by atoms with E-state index in [1.54, 1.807) is 0 Å². The number of piperidine rings is 1. The van der Waals surface area contributed by atoms with Crippen LogP contribution in [0, 0.1) is 5.92 Å². The van der Waals surface area contributed by atoms with E-state index < -0.39 is 0 Å². The molecule has 5 N–H and O–H groups in total. The minimum Gasteiger partial charge on any atom is -0.384 e. The van der Waals surface area contributed by atoms with Gasteiger partial charge in [-0.2, -0.15) is 0 Å². The van der Waals surface area contributed by atoms with Crippen LogP contribution < -0.4 is 17.0 Å². The summed E-state index contributed by atoms with van der Waals surface area (Å²) in [6.45, 7) is 4.21. The van der Waals surface area contributed by atoms with Crippen molar-refractivity contribution in [2.24, 2.45) is 22.5 Å². The van der Waals surface area contributed by atoms with E-state index >= 15 is 0 Å². The summed E-state index contributed by atoms with van der Waals surface area (Å²) in [4.78, 5) is 7.11. The molecule has 1 fully saturated rings. The largest absolute Gasteiger partial charge is 0.384 e. The van der Waals surface area contributed by atoms with Crippen LogP contribution in [0.5, 0.6) is 0 Å². The number of rotatable bonds is 7. The molecule has 0 amide bonds. The predicted octanol–water partition coefficient (Wildman–Crippen LogP) is 2.98. The van der Waals surface area contributed by atoms with Gasteiger partial charge in [-0.3, -0.25) is 15.7 Å². The van der Waals surface area contributed by atoms with Crippen molar-refractivity contribution >= 4 is 11.5 Å². The number of nitrogens with zero attached hydrogens (tertiary/aromatic N) is 2. The molecule has 2 aromatic rings. The van der Waals surface area contributed by atoms with Crippen LogP contribution >= 0.6 is 0 Å². The van der Waals surface area contributed by atoms with Gasteiger partial charge in [-0.1, -0.05) is 30.3 Å². The lowest BCUT2D eigenvalue weighted by atomic mass is 9.93. The zero-order chi connectivity index (χ0) is 18.2. The molecular formula is C21H29N5. The highest BCUT2D eigenvalue weighted by molar-refractivity contribution is 5.97. The van der Waals surface area contributed by atoms with E-state index in [-0.39, 0.29) is 0 Å². The number of nitrogen functional groups attached to an aromatic ring is 1. The fourth-order valence-electron chi connectivity index (χ4n) is 3.47. The van der Waals surface area contributed by atoms with Gasteiger partial charge in [0.1, 0.15) is 5.84 Å². The fraction of sp³-hybridized carbons (Fsp3) is 0.381. The van der Waals surface area contributed by atoms with Gasteiger partial charge >= 0.3 is 0 Å². The molecule has 0 spiro atoms. The highest BCUT2D eigenvalue weighted by atomic mass is 15.2. The van der Waals surface area contributed by atoms with E-state index in [0.29, 0.717) is 5.84 Å². The molecule has 2 aromatic carbocycles. The SMILES string of the molecule is NNc1ccc(C(N)=NCCC2CCN(Cc3ccccc3)CC2)cc1. The van der Waals surface area contributed by atoms with Crippen LogP contribution in [0.4, 0.5) is 5.69 Å². The quantitative estimate of drug-likeness (QED) is 0.310. The van der Waals surface area contributed by atoms with Crippen molar-refractivity contribution in [1.82, 2.24) is 4.90 Å². The molecule has 0 unspecified atom stereocenters. The minimum atomic E-state index is 0.607. The van der Waals surface area contributed by atoms with E-state index in [0.717, 1.165) is 36.7 Å². The Balaban J connectivity index is 1.40. The summed E-state index contributed by atoms with van der Waals surface area (Å²) in [6, 6.07) is 18.4. The van der Waals surface area contributed by atoms with Gasteiger partial charge in [-0.05, 0) is 68.1 Å². The van der Waals surface area contributed by atoms with Crippen LogP contribution in [0.15, 0.2) is 59.6 Å². The van der Waals surface area contributed by atoms with E-state index in [1.807, 2.05) is 24.3 Å². The summed E-state index contributed by atoms with van der Waals surface area (Å²) in [5, 5.41) is 0. The number of amidine groups is 1. The zero-order valence-electron chi connectivity index (χ0n) is 15.3. The molecule has 1 aliphatic rings. The topological polar surface area (TPSA) is 79.7 Å². The highest BCUT2D eigenvalue weighted by Crippen LogP contribution is 2.22. The lowest BCUT2D eigenvalue weighted by Gasteiger charge is -2.31. The summed E-state index contributed by atoms with van der Waals surface area (Å²) in [5.74, 6) is 6.74. The molecule has 0 bridgehead atoms. The standard InChI is InChI=1S/C21H29N5/c22-21(19-6-8-20(25-23)9-7-19)24-13-10-17-11-14-26(15-12-17)16-18-4-2-1-3-5-18/h1-9,17,25H,10-16,23H2,(H2,22,24). The van der Waals surface area contributed by atoms with Crippen molar-refractivity contribution in [2.45, 2.75) is 25.8 Å². The number of likely N-dealkylation sites (tertiary alicyclic amines) is 1. The molecule has 5 heteroatoms.